The molecule has 6 nitrogen and oxygen atoms in total. The summed E-state index contributed by atoms with van der Waals surface area (Å²) in [5.41, 5.74) is 1.40. The first kappa shape index (κ1) is 11.9. The normalized spacial score (nSPS) is 12.4. The fourth-order valence-electron chi connectivity index (χ4n) is 1.56. The summed E-state index contributed by atoms with van der Waals surface area (Å²) >= 11 is 0. The molecule has 0 saturated carbocycles. The van der Waals surface area contributed by atoms with Gasteiger partial charge < -0.3 is 9.97 Å². The van der Waals surface area contributed by atoms with Crippen LogP contribution in [0, 0.1) is 0 Å². The topological polar surface area (TPSA) is 86.0 Å². The van der Waals surface area contributed by atoms with Crippen molar-refractivity contribution >= 4 is 21.1 Å². The molecule has 0 aliphatic carbocycles. The molecule has 0 bridgehead atoms. The molecule has 17 heavy (non-hydrogen) atoms. The van der Waals surface area contributed by atoms with Crippen LogP contribution in [0.1, 0.15) is 5.56 Å². The van der Waals surface area contributed by atoms with Crippen LogP contribution < -0.4 is 5.69 Å². The van der Waals surface area contributed by atoms with E-state index in [4.69, 9.17) is 0 Å². The van der Waals surface area contributed by atoms with Crippen LogP contribution in [0.4, 0.5) is 0 Å². The molecule has 2 rings (SSSR count). The molecule has 0 radical (unpaired) electrons. The van der Waals surface area contributed by atoms with Crippen molar-refractivity contribution in [2.75, 3.05) is 14.1 Å². The van der Waals surface area contributed by atoms with E-state index in [2.05, 4.69) is 9.97 Å². The summed E-state index contributed by atoms with van der Waals surface area (Å²) in [5, 5.41) is 0. The molecule has 0 aliphatic rings. The van der Waals surface area contributed by atoms with Crippen LogP contribution in [-0.4, -0.2) is 36.8 Å². The van der Waals surface area contributed by atoms with Crippen LogP contribution in [0.15, 0.2) is 23.0 Å². The van der Waals surface area contributed by atoms with Crippen LogP contribution in [0.3, 0.4) is 0 Å². The van der Waals surface area contributed by atoms with E-state index in [1.165, 1.54) is 14.1 Å². The number of rotatable bonds is 3. The second-order valence-electron chi connectivity index (χ2n) is 3.96. The zero-order chi connectivity index (χ0) is 12.6. The lowest BCUT2D eigenvalue weighted by atomic mass is 10.2. The van der Waals surface area contributed by atoms with Gasteiger partial charge in [0.1, 0.15) is 0 Å². The van der Waals surface area contributed by atoms with Crippen molar-refractivity contribution in [2.45, 2.75) is 5.75 Å². The van der Waals surface area contributed by atoms with E-state index in [9.17, 15) is 13.2 Å². The van der Waals surface area contributed by atoms with E-state index in [1.54, 1.807) is 18.2 Å². The maximum atomic E-state index is 11.8. The molecule has 0 aliphatic heterocycles. The zero-order valence-electron chi connectivity index (χ0n) is 9.52. The Balaban J connectivity index is 2.53. The maximum absolute atomic E-state index is 11.8. The minimum atomic E-state index is -3.34. The Hall–Kier alpha value is -1.60. The predicted molar refractivity (Wildman–Crippen MR) is 65.2 cm³/mol. The summed E-state index contributed by atoms with van der Waals surface area (Å²) in [6, 6.07) is 5.12. The number of aromatic amines is 2. The average molecular weight is 255 g/mol. The first-order valence-corrected chi connectivity index (χ1v) is 6.61. The summed E-state index contributed by atoms with van der Waals surface area (Å²) < 4.78 is 24.7. The molecule has 2 aromatic rings. The Morgan fingerprint density at radius 2 is 1.94 bits per heavy atom. The smallest absolute Gasteiger partial charge is 0.306 e. The quantitative estimate of drug-likeness (QED) is 0.824. The van der Waals surface area contributed by atoms with Gasteiger partial charge in [-0.25, -0.2) is 17.5 Å². The van der Waals surface area contributed by atoms with Crippen LogP contribution >= 0.6 is 0 Å². The van der Waals surface area contributed by atoms with E-state index in [-0.39, 0.29) is 11.4 Å². The predicted octanol–water partition coefficient (Wildman–Crippen LogP) is 0.248. The Morgan fingerprint density at radius 3 is 2.59 bits per heavy atom. The van der Waals surface area contributed by atoms with Crippen molar-refractivity contribution < 1.29 is 8.42 Å². The van der Waals surface area contributed by atoms with Gasteiger partial charge in [0, 0.05) is 14.1 Å². The Kier molecular flexibility index (Phi) is 2.80. The number of para-hydroxylation sites is 1. The zero-order valence-corrected chi connectivity index (χ0v) is 10.3. The number of hydrogen-bond donors (Lipinski definition) is 2. The van der Waals surface area contributed by atoms with Gasteiger partial charge in [0.15, 0.2) is 0 Å². The van der Waals surface area contributed by atoms with Gasteiger partial charge in [0.25, 0.3) is 0 Å². The van der Waals surface area contributed by atoms with E-state index in [1.807, 2.05) is 0 Å². The molecule has 1 aromatic carbocycles. The van der Waals surface area contributed by atoms with Crippen molar-refractivity contribution in [2.24, 2.45) is 0 Å². The summed E-state index contributed by atoms with van der Waals surface area (Å²) in [6.45, 7) is 0. The molecule has 92 valence electrons. The number of benzene rings is 1. The van der Waals surface area contributed by atoms with Gasteiger partial charge in [-0.15, -0.1) is 0 Å². The second kappa shape index (κ2) is 4.01. The van der Waals surface area contributed by atoms with E-state index >= 15 is 0 Å². The first-order valence-electron chi connectivity index (χ1n) is 5.00. The Morgan fingerprint density at radius 1 is 1.24 bits per heavy atom. The lowest BCUT2D eigenvalue weighted by molar-refractivity contribution is 0.520. The highest BCUT2D eigenvalue weighted by Crippen LogP contribution is 2.16. The number of sulfonamides is 1. The van der Waals surface area contributed by atoms with Gasteiger partial charge in [-0.05, 0) is 11.6 Å². The van der Waals surface area contributed by atoms with Crippen molar-refractivity contribution in [3.8, 4) is 0 Å². The molecule has 7 heteroatoms. The lowest BCUT2D eigenvalue weighted by Gasteiger charge is -2.11. The lowest BCUT2D eigenvalue weighted by Crippen LogP contribution is -2.23. The third-order valence-electron chi connectivity index (χ3n) is 2.53. The van der Waals surface area contributed by atoms with Crippen LogP contribution in [-0.2, 0) is 15.8 Å². The van der Waals surface area contributed by atoms with Gasteiger partial charge >= 0.3 is 5.69 Å². The third kappa shape index (κ3) is 2.25. The number of imidazole rings is 1. The van der Waals surface area contributed by atoms with Gasteiger partial charge in [0.2, 0.25) is 10.0 Å². The maximum Gasteiger partial charge on any atom is 0.323 e. The molecule has 0 spiro atoms. The van der Waals surface area contributed by atoms with Gasteiger partial charge in [-0.2, -0.15) is 0 Å². The number of nitrogens with zero attached hydrogens (tertiary/aromatic N) is 1. The minimum absolute atomic E-state index is 0.134. The molecule has 0 saturated heterocycles. The monoisotopic (exact) mass is 255 g/mol. The summed E-state index contributed by atoms with van der Waals surface area (Å²) in [5.74, 6) is -0.134. The number of aromatic nitrogens is 2. The van der Waals surface area contributed by atoms with E-state index in [0.717, 1.165) is 4.31 Å². The number of hydrogen-bond acceptors (Lipinski definition) is 3. The summed E-state index contributed by atoms with van der Waals surface area (Å²) in [7, 11) is -0.373. The standard InChI is InChI=1S/C10H13N3O3S/c1-13(2)17(15,16)6-7-4-3-5-8-9(7)12-10(14)11-8/h3-5H,6H2,1-2H3,(H2,11,12,14). The summed E-state index contributed by atoms with van der Waals surface area (Å²) in [6.07, 6.45) is 0. The second-order valence-corrected chi connectivity index (χ2v) is 6.14. The molecule has 1 heterocycles. The highest BCUT2D eigenvalue weighted by molar-refractivity contribution is 7.88. The molecule has 0 amide bonds. The van der Waals surface area contributed by atoms with Crippen LogP contribution in [0.2, 0.25) is 0 Å². The highest BCUT2D eigenvalue weighted by atomic mass is 32.2. The van der Waals surface area contributed by atoms with Crippen molar-refractivity contribution in [1.82, 2.24) is 14.3 Å². The molecular weight excluding hydrogens is 242 g/mol. The fraction of sp³-hybridized carbons (Fsp3) is 0.300. The molecule has 1 aromatic heterocycles. The molecular formula is C10H13N3O3S. The van der Waals surface area contributed by atoms with Crippen molar-refractivity contribution in [1.29, 1.82) is 0 Å². The Labute approximate surface area is 98.3 Å². The largest absolute Gasteiger partial charge is 0.323 e. The highest BCUT2D eigenvalue weighted by Gasteiger charge is 2.16. The molecule has 0 fully saturated rings. The molecule has 0 unspecified atom stereocenters. The molecule has 2 N–H and O–H groups in total. The van der Waals surface area contributed by atoms with E-state index in [0.29, 0.717) is 16.6 Å². The SMILES string of the molecule is CN(C)S(=O)(=O)Cc1cccc2[nH]c(=O)[nH]c12. The number of nitrogens with one attached hydrogen (secondary N) is 2. The van der Waals surface area contributed by atoms with Crippen molar-refractivity contribution in [3.63, 3.8) is 0 Å². The number of fused-ring (bicyclic) bond motifs is 1. The van der Waals surface area contributed by atoms with Gasteiger partial charge in [-0.1, -0.05) is 12.1 Å². The number of H-pyrrole nitrogens is 2. The average Bonchev–Trinajstić information content (AvgIpc) is 2.59. The third-order valence-corrected chi connectivity index (χ3v) is 4.32. The van der Waals surface area contributed by atoms with E-state index < -0.39 is 10.0 Å². The summed E-state index contributed by atoms with van der Waals surface area (Å²) in [4.78, 5) is 16.4. The van der Waals surface area contributed by atoms with Gasteiger partial charge in [-0.3, -0.25) is 0 Å². The molecule has 0 atom stereocenters. The van der Waals surface area contributed by atoms with Crippen LogP contribution in [0.5, 0.6) is 0 Å². The van der Waals surface area contributed by atoms with Crippen molar-refractivity contribution in [3.05, 3.63) is 34.2 Å². The Bertz CT molecular complexity index is 697. The van der Waals surface area contributed by atoms with Gasteiger partial charge in [0.05, 0.1) is 16.8 Å². The first-order chi connectivity index (χ1) is 7.90. The minimum Gasteiger partial charge on any atom is -0.306 e. The fourth-order valence-corrected chi connectivity index (χ4v) is 2.46. The van der Waals surface area contributed by atoms with Crippen LogP contribution in [0.25, 0.3) is 11.0 Å².